The minimum Gasteiger partial charge on any atom is -0.358 e. The highest BCUT2D eigenvalue weighted by atomic mass is 16.2. The molecule has 0 radical (unpaired) electrons. The van der Waals surface area contributed by atoms with E-state index in [-0.39, 0.29) is 18.4 Å². The molecule has 0 aliphatic carbocycles. The third-order valence-corrected chi connectivity index (χ3v) is 2.11. The highest BCUT2D eigenvalue weighted by molar-refractivity contribution is 5.90. The molecule has 0 bridgehead atoms. The van der Waals surface area contributed by atoms with Crippen LogP contribution in [-0.4, -0.2) is 35.2 Å². The summed E-state index contributed by atoms with van der Waals surface area (Å²) in [5.74, 6) is -0.246. The number of nitrogens with two attached hydrogens (primary N) is 1. The number of aromatic nitrogens is 2. The number of hydrogen-bond acceptors (Lipinski definition) is 4. The Labute approximate surface area is 99.4 Å². The lowest BCUT2D eigenvalue weighted by atomic mass is 10.3. The van der Waals surface area contributed by atoms with Gasteiger partial charge in [-0.25, -0.2) is 0 Å². The second-order valence-corrected chi connectivity index (χ2v) is 3.54. The van der Waals surface area contributed by atoms with E-state index in [1.807, 2.05) is 0 Å². The van der Waals surface area contributed by atoms with E-state index in [9.17, 15) is 9.59 Å². The van der Waals surface area contributed by atoms with Crippen LogP contribution in [0.4, 0.5) is 5.69 Å². The quantitative estimate of drug-likeness (QED) is 0.611. The van der Waals surface area contributed by atoms with Gasteiger partial charge < -0.3 is 16.4 Å². The second kappa shape index (κ2) is 6.64. The van der Waals surface area contributed by atoms with Crippen LogP contribution in [0.2, 0.25) is 0 Å². The third kappa shape index (κ3) is 4.64. The second-order valence-electron chi connectivity index (χ2n) is 3.54. The number of nitrogens with one attached hydrogen (secondary N) is 2. The zero-order chi connectivity index (χ0) is 12.7. The van der Waals surface area contributed by atoms with Crippen molar-refractivity contribution in [1.82, 2.24) is 15.1 Å². The molecular weight excluding hydrogens is 222 g/mol. The standard InChI is InChI=1S/C10H17N5O2/c1-12-10(17)7-15-6-8(5-13-15)14-9(16)3-2-4-11/h5-6H,2-4,7,11H2,1H3,(H,12,17)(H,14,16). The van der Waals surface area contributed by atoms with Gasteiger partial charge in [0.15, 0.2) is 0 Å². The first kappa shape index (κ1) is 13.2. The fourth-order valence-electron chi connectivity index (χ4n) is 1.23. The SMILES string of the molecule is CNC(=O)Cn1cc(NC(=O)CCCN)cn1. The smallest absolute Gasteiger partial charge is 0.241 e. The molecule has 0 aliphatic rings. The summed E-state index contributed by atoms with van der Waals surface area (Å²) < 4.78 is 1.46. The Morgan fingerprint density at radius 1 is 1.47 bits per heavy atom. The van der Waals surface area contributed by atoms with E-state index in [0.717, 1.165) is 0 Å². The monoisotopic (exact) mass is 239 g/mol. The Balaban J connectivity index is 2.45. The van der Waals surface area contributed by atoms with Crippen LogP contribution < -0.4 is 16.4 Å². The van der Waals surface area contributed by atoms with E-state index in [4.69, 9.17) is 5.73 Å². The van der Waals surface area contributed by atoms with Gasteiger partial charge in [-0.2, -0.15) is 5.10 Å². The average molecular weight is 239 g/mol. The molecule has 17 heavy (non-hydrogen) atoms. The van der Waals surface area contributed by atoms with Crippen molar-refractivity contribution in [1.29, 1.82) is 0 Å². The van der Waals surface area contributed by atoms with Crippen LogP contribution in [0.1, 0.15) is 12.8 Å². The van der Waals surface area contributed by atoms with Crippen LogP contribution in [0.25, 0.3) is 0 Å². The highest BCUT2D eigenvalue weighted by Crippen LogP contribution is 2.05. The molecule has 0 aromatic carbocycles. The summed E-state index contributed by atoms with van der Waals surface area (Å²) in [6.07, 6.45) is 4.15. The molecule has 0 saturated carbocycles. The van der Waals surface area contributed by atoms with E-state index >= 15 is 0 Å². The third-order valence-electron chi connectivity index (χ3n) is 2.11. The highest BCUT2D eigenvalue weighted by Gasteiger charge is 2.05. The molecular formula is C10H17N5O2. The molecule has 0 aliphatic heterocycles. The maximum Gasteiger partial charge on any atom is 0.241 e. The largest absolute Gasteiger partial charge is 0.358 e. The predicted octanol–water partition coefficient (Wildman–Crippen LogP) is -0.693. The Kier molecular flexibility index (Phi) is 5.15. The number of carbonyl (C=O) groups is 2. The van der Waals surface area contributed by atoms with Gasteiger partial charge in [0.2, 0.25) is 11.8 Å². The average Bonchev–Trinajstić information content (AvgIpc) is 2.73. The Bertz CT molecular complexity index is 388. The van der Waals surface area contributed by atoms with Crippen LogP contribution in [-0.2, 0) is 16.1 Å². The summed E-state index contributed by atoms with van der Waals surface area (Å²) in [4.78, 5) is 22.5. The van der Waals surface area contributed by atoms with Crippen molar-refractivity contribution in [2.45, 2.75) is 19.4 Å². The minimum atomic E-state index is -0.144. The summed E-state index contributed by atoms with van der Waals surface area (Å²) in [7, 11) is 1.56. The molecule has 1 heterocycles. The van der Waals surface area contributed by atoms with Gasteiger partial charge >= 0.3 is 0 Å². The Morgan fingerprint density at radius 2 is 2.24 bits per heavy atom. The first-order chi connectivity index (χ1) is 8.15. The van der Waals surface area contributed by atoms with Crippen LogP contribution in [0, 0.1) is 0 Å². The van der Waals surface area contributed by atoms with E-state index in [1.165, 1.54) is 10.9 Å². The summed E-state index contributed by atoms with van der Waals surface area (Å²) >= 11 is 0. The van der Waals surface area contributed by atoms with Gasteiger partial charge in [-0.3, -0.25) is 14.3 Å². The van der Waals surface area contributed by atoms with Crippen molar-refractivity contribution < 1.29 is 9.59 Å². The lowest BCUT2D eigenvalue weighted by Crippen LogP contribution is -2.23. The van der Waals surface area contributed by atoms with Crippen molar-refractivity contribution in [2.75, 3.05) is 18.9 Å². The topological polar surface area (TPSA) is 102 Å². The number of carbonyl (C=O) groups excluding carboxylic acids is 2. The molecule has 1 rings (SSSR count). The van der Waals surface area contributed by atoms with E-state index in [2.05, 4.69) is 15.7 Å². The normalized spacial score (nSPS) is 10.0. The van der Waals surface area contributed by atoms with Crippen molar-refractivity contribution in [3.63, 3.8) is 0 Å². The number of rotatable bonds is 6. The molecule has 0 fully saturated rings. The van der Waals surface area contributed by atoms with E-state index in [0.29, 0.717) is 25.1 Å². The van der Waals surface area contributed by atoms with Gasteiger partial charge in [0, 0.05) is 19.7 Å². The molecule has 0 spiro atoms. The van der Waals surface area contributed by atoms with Gasteiger partial charge in [-0.05, 0) is 13.0 Å². The molecule has 0 saturated heterocycles. The predicted molar refractivity (Wildman–Crippen MR) is 63.2 cm³/mol. The number of hydrogen-bond donors (Lipinski definition) is 3. The number of amides is 2. The molecule has 1 aromatic rings. The first-order valence-electron chi connectivity index (χ1n) is 5.38. The van der Waals surface area contributed by atoms with Crippen molar-refractivity contribution >= 4 is 17.5 Å². The first-order valence-corrected chi connectivity index (χ1v) is 5.38. The Morgan fingerprint density at radius 3 is 2.88 bits per heavy atom. The molecule has 0 unspecified atom stereocenters. The van der Waals surface area contributed by atoms with Gasteiger partial charge in [0.05, 0.1) is 11.9 Å². The zero-order valence-corrected chi connectivity index (χ0v) is 9.77. The fraction of sp³-hybridized carbons (Fsp3) is 0.500. The fourth-order valence-corrected chi connectivity index (χ4v) is 1.23. The van der Waals surface area contributed by atoms with Gasteiger partial charge in [0.1, 0.15) is 6.54 Å². The molecule has 0 atom stereocenters. The van der Waals surface area contributed by atoms with Gasteiger partial charge in [-0.15, -0.1) is 0 Å². The number of likely N-dealkylation sites (N-methyl/N-ethyl adjacent to an activating group) is 1. The maximum absolute atomic E-state index is 11.4. The lowest BCUT2D eigenvalue weighted by molar-refractivity contribution is -0.121. The summed E-state index contributed by atoms with van der Waals surface area (Å²) in [5, 5.41) is 9.12. The van der Waals surface area contributed by atoms with Crippen molar-refractivity contribution in [3.8, 4) is 0 Å². The Hall–Kier alpha value is -1.89. The molecule has 94 valence electrons. The van der Waals surface area contributed by atoms with E-state index in [1.54, 1.807) is 13.2 Å². The molecule has 4 N–H and O–H groups in total. The zero-order valence-electron chi connectivity index (χ0n) is 9.77. The van der Waals surface area contributed by atoms with Crippen molar-refractivity contribution in [2.24, 2.45) is 5.73 Å². The summed E-state index contributed by atoms with van der Waals surface area (Å²) in [5.41, 5.74) is 5.88. The number of nitrogens with zero attached hydrogens (tertiary/aromatic N) is 2. The molecule has 7 nitrogen and oxygen atoms in total. The van der Waals surface area contributed by atoms with E-state index < -0.39 is 0 Å². The van der Waals surface area contributed by atoms with Crippen LogP contribution in [0.5, 0.6) is 0 Å². The summed E-state index contributed by atoms with van der Waals surface area (Å²) in [6.45, 7) is 0.624. The van der Waals surface area contributed by atoms with Crippen LogP contribution in [0.15, 0.2) is 12.4 Å². The molecule has 2 amide bonds. The van der Waals surface area contributed by atoms with Crippen LogP contribution in [0.3, 0.4) is 0 Å². The summed E-state index contributed by atoms with van der Waals surface area (Å²) in [6, 6.07) is 0. The minimum absolute atomic E-state index is 0.102. The molecule has 1 aromatic heterocycles. The maximum atomic E-state index is 11.4. The van der Waals surface area contributed by atoms with Crippen molar-refractivity contribution in [3.05, 3.63) is 12.4 Å². The number of anilines is 1. The van der Waals surface area contributed by atoms with Gasteiger partial charge in [0.25, 0.3) is 0 Å². The lowest BCUT2D eigenvalue weighted by Gasteiger charge is -2.01. The van der Waals surface area contributed by atoms with Crippen LogP contribution >= 0.6 is 0 Å². The van der Waals surface area contributed by atoms with Gasteiger partial charge in [-0.1, -0.05) is 0 Å². The molecule has 7 heteroatoms.